The summed E-state index contributed by atoms with van der Waals surface area (Å²) in [5, 5.41) is 1.40. The summed E-state index contributed by atoms with van der Waals surface area (Å²) in [6.45, 7) is 7.10. The van der Waals surface area contributed by atoms with Crippen molar-refractivity contribution in [1.29, 1.82) is 0 Å². The molecule has 0 aliphatic carbocycles. The van der Waals surface area contributed by atoms with Crippen molar-refractivity contribution in [2.45, 2.75) is 83.4 Å². The number of rotatable bonds is 8. The molecule has 5 nitrogen and oxygen atoms in total. The molecule has 13 heteroatoms. The lowest BCUT2D eigenvalue weighted by Crippen LogP contribution is -2.70. The Labute approximate surface area is 226 Å². The van der Waals surface area contributed by atoms with E-state index in [9.17, 15) is 35.5 Å². The molecule has 1 unspecified atom stereocenters. The monoisotopic (exact) mass is 583 g/mol. The van der Waals surface area contributed by atoms with Crippen molar-refractivity contribution < 1.29 is 40.3 Å². The SMILES string of the molecule is Cc1ccc(C(C)(C)N2CCC(CCc3ccc(F)s3)(C(OC(=O)NC(C)C)(C(F)(F)F)C(F)(F)F)C2)cn1. The van der Waals surface area contributed by atoms with Crippen molar-refractivity contribution in [2.75, 3.05) is 13.1 Å². The van der Waals surface area contributed by atoms with E-state index in [4.69, 9.17) is 0 Å². The number of alkyl carbamates (subject to hydrolysis) is 1. The number of pyridine rings is 1. The second kappa shape index (κ2) is 10.9. The molecule has 0 aromatic carbocycles. The maximum absolute atomic E-state index is 14.9. The minimum Gasteiger partial charge on any atom is -0.423 e. The molecule has 0 radical (unpaired) electrons. The van der Waals surface area contributed by atoms with Gasteiger partial charge in [-0.15, -0.1) is 11.3 Å². The maximum Gasteiger partial charge on any atom is 0.438 e. The van der Waals surface area contributed by atoms with Crippen LogP contribution in [0.3, 0.4) is 0 Å². The van der Waals surface area contributed by atoms with Gasteiger partial charge < -0.3 is 10.1 Å². The molecule has 0 bridgehead atoms. The highest BCUT2D eigenvalue weighted by atomic mass is 32.1. The molecule has 1 aliphatic heterocycles. The van der Waals surface area contributed by atoms with Gasteiger partial charge >= 0.3 is 24.0 Å². The Hall–Kier alpha value is -2.41. The normalized spacial score (nSPS) is 19.5. The predicted octanol–water partition coefficient (Wildman–Crippen LogP) is 7.15. The average molecular weight is 584 g/mol. The van der Waals surface area contributed by atoms with Gasteiger partial charge in [0.2, 0.25) is 0 Å². The van der Waals surface area contributed by atoms with E-state index >= 15 is 0 Å². The third kappa shape index (κ3) is 6.03. The number of thiophene rings is 1. The van der Waals surface area contributed by atoms with Crippen LogP contribution in [0.2, 0.25) is 0 Å². The van der Waals surface area contributed by atoms with Crippen LogP contribution < -0.4 is 5.32 Å². The molecular formula is C26H32F7N3O2S. The molecule has 0 spiro atoms. The van der Waals surface area contributed by atoms with E-state index in [1.807, 2.05) is 5.32 Å². The number of halogens is 7. The maximum atomic E-state index is 14.9. The standard InChI is InChI=1S/C26H32F7N3O2S/c1-16(2)35-21(37)38-24(25(28,29)30,26(31,32)33)23(11-10-19-8-9-20(27)39-19)12-13-36(15-23)22(4,5)18-7-6-17(3)34-14-18/h6-9,14,16H,10-13,15H2,1-5H3,(H,35,37). The first-order valence-corrected chi connectivity index (χ1v) is 13.2. The molecule has 1 N–H and O–H groups in total. The third-order valence-electron chi connectivity index (χ3n) is 7.44. The molecule has 3 rings (SSSR count). The third-order valence-corrected chi connectivity index (χ3v) is 8.37. The molecule has 1 saturated heterocycles. The quantitative estimate of drug-likeness (QED) is 0.336. The highest BCUT2D eigenvalue weighted by Crippen LogP contribution is 2.61. The van der Waals surface area contributed by atoms with E-state index in [1.165, 1.54) is 31.0 Å². The van der Waals surface area contributed by atoms with E-state index in [2.05, 4.69) is 9.72 Å². The van der Waals surface area contributed by atoms with E-state index in [0.29, 0.717) is 22.6 Å². The van der Waals surface area contributed by atoms with Gasteiger partial charge in [0.05, 0.1) is 0 Å². The first kappa shape index (κ1) is 31.1. The summed E-state index contributed by atoms with van der Waals surface area (Å²) in [5.41, 5.74) is -7.15. The molecule has 2 aromatic heterocycles. The van der Waals surface area contributed by atoms with Crippen LogP contribution in [0.1, 0.15) is 56.7 Å². The Balaban J connectivity index is 2.16. The Kier molecular flexibility index (Phi) is 8.67. The predicted molar refractivity (Wildman–Crippen MR) is 133 cm³/mol. The topological polar surface area (TPSA) is 54.5 Å². The van der Waals surface area contributed by atoms with Gasteiger partial charge in [0.1, 0.15) is 0 Å². The van der Waals surface area contributed by atoms with Gasteiger partial charge in [0.25, 0.3) is 0 Å². The van der Waals surface area contributed by atoms with Crippen LogP contribution in [-0.4, -0.2) is 53.1 Å². The number of hydrogen-bond donors (Lipinski definition) is 1. The zero-order chi connectivity index (χ0) is 29.4. The second-order valence-corrected chi connectivity index (χ2v) is 11.9. The van der Waals surface area contributed by atoms with E-state index in [0.717, 1.165) is 6.07 Å². The lowest BCUT2D eigenvalue weighted by Gasteiger charge is -2.49. The molecule has 1 atom stereocenters. The molecule has 1 fully saturated rings. The number of nitrogens with one attached hydrogen (secondary N) is 1. The van der Waals surface area contributed by atoms with Crippen LogP contribution in [0.25, 0.3) is 0 Å². The minimum atomic E-state index is -6.01. The Morgan fingerprint density at radius 1 is 1.13 bits per heavy atom. The number of alkyl halides is 6. The smallest absolute Gasteiger partial charge is 0.423 e. The molecular weight excluding hydrogens is 551 g/mol. The first-order chi connectivity index (χ1) is 17.8. The molecule has 2 aromatic rings. The van der Waals surface area contributed by atoms with Crippen LogP contribution in [-0.2, 0) is 16.7 Å². The fraction of sp³-hybridized carbons (Fsp3) is 0.615. The van der Waals surface area contributed by atoms with Crippen molar-refractivity contribution in [2.24, 2.45) is 5.41 Å². The van der Waals surface area contributed by atoms with Crippen molar-refractivity contribution >= 4 is 17.4 Å². The average Bonchev–Trinajstić information content (AvgIpc) is 3.41. The summed E-state index contributed by atoms with van der Waals surface area (Å²) in [6.07, 6.45) is -13.8. The molecule has 218 valence electrons. The number of carbonyl (C=O) groups is 1. The Morgan fingerprint density at radius 2 is 1.77 bits per heavy atom. The van der Waals surface area contributed by atoms with Gasteiger partial charge in [-0.05, 0) is 84.2 Å². The number of amides is 1. The van der Waals surface area contributed by atoms with Gasteiger partial charge in [-0.1, -0.05) is 6.07 Å². The number of ether oxygens (including phenoxy) is 1. The van der Waals surface area contributed by atoms with Crippen LogP contribution in [0.5, 0.6) is 0 Å². The second-order valence-electron chi connectivity index (χ2n) is 10.8. The Morgan fingerprint density at radius 3 is 2.26 bits per heavy atom. The lowest BCUT2D eigenvalue weighted by atomic mass is 9.66. The number of aryl methyl sites for hydroxylation is 2. The van der Waals surface area contributed by atoms with Crippen LogP contribution >= 0.6 is 11.3 Å². The van der Waals surface area contributed by atoms with Gasteiger partial charge in [-0.3, -0.25) is 9.88 Å². The van der Waals surface area contributed by atoms with Crippen LogP contribution in [0, 0.1) is 17.5 Å². The number of carbonyl (C=O) groups excluding carboxylic acids is 1. The van der Waals surface area contributed by atoms with Crippen LogP contribution in [0.4, 0.5) is 35.5 Å². The summed E-state index contributed by atoms with van der Waals surface area (Å²) in [6, 6.07) is 5.10. The zero-order valence-electron chi connectivity index (χ0n) is 22.3. The molecule has 0 saturated carbocycles. The number of aromatic nitrogens is 1. The lowest BCUT2D eigenvalue weighted by molar-refractivity contribution is -0.400. The largest absolute Gasteiger partial charge is 0.438 e. The highest BCUT2D eigenvalue weighted by Gasteiger charge is 2.83. The van der Waals surface area contributed by atoms with Gasteiger partial charge in [0.15, 0.2) is 5.13 Å². The fourth-order valence-electron chi connectivity index (χ4n) is 5.27. The summed E-state index contributed by atoms with van der Waals surface area (Å²) in [4.78, 5) is 18.5. The number of nitrogens with zero attached hydrogens (tertiary/aromatic N) is 2. The van der Waals surface area contributed by atoms with E-state index in [1.54, 1.807) is 32.9 Å². The molecule has 1 amide bonds. The van der Waals surface area contributed by atoms with E-state index < -0.39 is 65.6 Å². The minimum absolute atomic E-state index is 0.136. The van der Waals surface area contributed by atoms with Crippen LogP contribution in [0.15, 0.2) is 30.5 Å². The summed E-state index contributed by atoms with van der Waals surface area (Å²) < 4.78 is 107. The number of likely N-dealkylation sites (tertiary alicyclic amines) is 1. The van der Waals surface area contributed by atoms with Gasteiger partial charge in [-0.25, -0.2) is 4.79 Å². The van der Waals surface area contributed by atoms with Crippen molar-refractivity contribution in [3.63, 3.8) is 0 Å². The summed E-state index contributed by atoms with van der Waals surface area (Å²) in [5.74, 6) is 0. The summed E-state index contributed by atoms with van der Waals surface area (Å²) >= 11 is 0.651. The number of hydrogen-bond acceptors (Lipinski definition) is 5. The fourth-order valence-corrected chi connectivity index (χ4v) is 5.99. The zero-order valence-corrected chi connectivity index (χ0v) is 23.1. The van der Waals surface area contributed by atoms with E-state index in [-0.39, 0.29) is 17.8 Å². The van der Waals surface area contributed by atoms with Crippen molar-refractivity contribution in [3.05, 3.63) is 51.7 Å². The van der Waals surface area contributed by atoms with Crippen molar-refractivity contribution in [3.8, 4) is 0 Å². The molecule has 1 aliphatic rings. The molecule has 3 heterocycles. The van der Waals surface area contributed by atoms with Gasteiger partial charge in [0, 0.05) is 40.3 Å². The summed E-state index contributed by atoms with van der Waals surface area (Å²) in [7, 11) is 0. The van der Waals surface area contributed by atoms with Crippen molar-refractivity contribution in [1.82, 2.24) is 15.2 Å². The Bertz CT molecular complexity index is 1130. The van der Waals surface area contributed by atoms with Gasteiger partial charge in [-0.2, -0.15) is 30.7 Å². The molecule has 39 heavy (non-hydrogen) atoms. The first-order valence-electron chi connectivity index (χ1n) is 12.4. The highest BCUT2D eigenvalue weighted by molar-refractivity contribution is 7.10.